The molecule has 37 heavy (non-hydrogen) atoms. The predicted octanol–water partition coefficient (Wildman–Crippen LogP) is 6.95. The Kier molecular flexibility index (Phi) is 6.29. The minimum Gasteiger partial charge on any atom is -0.490 e. The van der Waals surface area contributed by atoms with Crippen LogP contribution in [0.5, 0.6) is 11.5 Å². The van der Waals surface area contributed by atoms with E-state index in [-0.39, 0.29) is 11.6 Å². The van der Waals surface area contributed by atoms with Crippen LogP contribution in [-0.4, -0.2) is 18.2 Å². The first-order valence-corrected chi connectivity index (χ1v) is 13.2. The number of ether oxygens (including phenoxy) is 3. The van der Waals surface area contributed by atoms with Crippen molar-refractivity contribution in [3.63, 3.8) is 0 Å². The van der Waals surface area contributed by atoms with Gasteiger partial charge in [-0.05, 0) is 53.8 Å². The number of rotatable bonds is 6. The third-order valence-corrected chi connectivity index (χ3v) is 7.50. The van der Waals surface area contributed by atoms with E-state index < -0.39 is 5.92 Å². The first kappa shape index (κ1) is 23.5. The third-order valence-electron chi connectivity index (χ3n) is 7.50. The van der Waals surface area contributed by atoms with Gasteiger partial charge in [-0.15, -0.1) is 0 Å². The molecule has 3 aromatic carbocycles. The monoisotopic (exact) mass is 494 g/mol. The highest BCUT2D eigenvalue weighted by molar-refractivity contribution is 6.05. The van der Waals surface area contributed by atoms with Crippen molar-refractivity contribution in [1.82, 2.24) is 0 Å². The van der Waals surface area contributed by atoms with Crippen LogP contribution in [0.2, 0.25) is 0 Å². The average molecular weight is 495 g/mol. The molecule has 0 saturated heterocycles. The number of benzene rings is 3. The van der Waals surface area contributed by atoms with Gasteiger partial charge >= 0.3 is 0 Å². The third kappa shape index (κ3) is 4.33. The lowest BCUT2D eigenvalue weighted by molar-refractivity contribution is -0.117. The quantitative estimate of drug-likeness (QED) is 0.371. The number of allylic oxidation sites excluding steroid dienone is 4. The Labute approximate surface area is 216 Å². The Morgan fingerprint density at radius 3 is 2.22 bits per heavy atom. The molecule has 0 atom stereocenters. The van der Waals surface area contributed by atoms with Gasteiger partial charge in [0.15, 0.2) is 23.1 Å². The molecule has 2 aliphatic carbocycles. The molecule has 0 radical (unpaired) electrons. The summed E-state index contributed by atoms with van der Waals surface area (Å²) in [4.78, 5) is 26.2. The molecule has 0 aromatic heterocycles. The summed E-state index contributed by atoms with van der Waals surface area (Å²) in [5.74, 6) is 2.47. The molecular weight excluding hydrogens is 464 g/mol. The second-order valence-electron chi connectivity index (χ2n) is 9.83. The molecule has 0 saturated carbocycles. The van der Waals surface area contributed by atoms with E-state index in [1.165, 1.54) is 5.39 Å². The van der Waals surface area contributed by atoms with Gasteiger partial charge in [0, 0.05) is 42.7 Å². The first-order valence-electron chi connectivity index (χ1n) is 13.2. The van der Waals surface area contributed by atoms with Crippen molar-refractivity contribution >= 4 is 22.3 Å². The van der Waals surface area contributed by atoms with Gasteiger partial charge in [0.05, 0.1) is 6.61 Å². The second kappa shape index (κ2) is 9.89. The molecule has 5 nitrogen and oxygen atoms in total. The van der Waals surface area contributed by atoms with E-state index in [4.69, 9.17) is 14.2 Å². The topological polar surface area (TPSA) is 61.8 Å². The fourth-order valence-corrected chi connectivity index (χ4v) is 5.82. The lowest BCUT2D eigenvalue weighted by Crippen LogP contribution is -2.30. The summed E-state index contributed by atoms with van der Waals surface area (Å²) >= 11 is 0. The van der Waals surface area contributed by atoms with E-state index in [2.05, 4.69) is 24.3 Å². The van der Waals surface area contributed by atoms with E-state index in [1.807, 2.05) is 43.3 Å². The van der Waals surface area contributed by atoms with Crippen molar-refractivity contribution in [2.75, 3.05) is 6.61 Å². The lowest BCUT2D eigenvalue weighted by atomic mass is 9.73. The van der Waals surface area contributed by atoms with Crippen molar-refractivity contribution < 1.29 is 23.8 Å². The summed E-state index contributed by atoms with van der Waals surface area (Å²) in [6.07, 6.45) is 4.00. The lowest BCUT2D eigenvalue weighted by Gasteiger charge is -2.36. The van der Waals surface area contributed by atoms with Gasteiger partial charge in [-0.3, -0.25) is 9.59 Å². The maximum absolute atomic E-state index is 13.1. The van der Waals surface area contributed by atoms with Gasteiger partial charge in [0.1, 0.15) is 18.1 Å². The molecule has 1 aliphatic heterocycles. The Bertz CT molecular complexity index is 1410. The number of ketones is 2. The van der Waals surface area contributed by atoms with E-state index in [9.17, 15) is 9.59 Å². The van der Waals surface area contributed by atoms with Crippen LogP contribution in [0.3, 0.4) is 0 Å². The fraction of sp³-hybridized carbons (Fsp3) is 0.312. The molecule has 188 valence electrons. The highest BCUT2D eigenvalue weighted by Crippen LogP contribution is 2.48. The highest BCUT2D eigenvalue weighted by atomic mass is 16.5. The normalized spacial score (nSPS) is 18.0. The van der Waals surface area contributed by atoms with Crippen LogP contribution in [0.15, 0.2) is 83.3 Å². The van der Waals surface area contributed by atoms with Gasteiger partial charge in [0.25, 0.3) is 0 Å². The zero-order chi connectivity index (χ0) is 25.4. The molecule has 0 unspecified atom stereocenters. The van der Waals surface area contributed by atoms with Crippen molar-refractivity contribution in [2.45, 2.75) is 58.0 Å². The molecule has 0 spiro atoms. The van der Waals surface area contributed by atoms with E-state index in [0.717, 1.165) is 53.7 Å². The summed E-state index contributed by atoms with van der Waals surface area (Å²) in [6, 6.07) is 20.3. The number of carbonyl (C=O) groups is 2. The van der Waals surface area contributed by atoms with Crippen LogP contribution >= 0.6 is 0 Å². The standard InChI is InChI=1S/C32H30O5/c1-2-35-29-18-21(16-17-26(29)36-19-22-10-5-9-20-8-3-4-11-23(20)22)30-31-24(33)12-6-14-27(31)37-28-15-7-13-25(34)32(28)30/h3-5,8-11,16-18,30H,2,6-7,12-15,19H2,1H3. The van der Waals surface area contributed by atoms with Gasteiger partial charge < -0.3 is 14.2 Å². The summed E-state index contributed by atoms with van der Waals surface area (Å²) in [5.41, 5.74) is 3.26. The Morgan fingerprint density at radius 2 is 1.49 bits per heavy atom. The van der Waals surface area contributed by atoms with E-state index in [0.29, 0.717) is 48.7 Å². The Balaban J connectivity index is 1.37. The van der Waals surface area contributed by atoms with Gasteiger partial charge in [-0.2, -0.15) is 0 Å². The van der Waals surface area contributed by atoms with Crippen LogP contribution in [0.4, 0.5) is 0 Å². The number of carbonyl (C=O) groups excluding carboxylic acids is 2. The van der Waals surface area contributed by atoms with Gasteiger partial charge in [0.2, 0.25) is 0 Å². The minimum absolute atomic E-state index is 0.0745. The second-order valence-corrected chi connectivity index (χ2v) is 9.83. The number of hydrogen-bond acceptors (Lipinski definition) is 5. The molecule has 1 heterocycles. The SMILES string of the molecule is CCOc1cc(C2C3=C(CCCC3=O)OC3=C2C(=O)CCC3)ccc1OCc1cccc2ccccc12. The van der Waals surface area contributed by atoms with Crippen LogP contribution in [0.1, 0.15) is 62.5 Å². The van der Waals surface area contributed by atoms with Crippen LogP contribution in [0.25, 0.3) is 10.8 Å². The Hall–Kier alpha value is -3.86. The van der Waals surface area contributed by atoms with Crippen LogP contribution < -0.4 is 9.47 Å². The smallest absolute Gasteiger partial charge is 0.163 e. The maximum Gasteiger partial charge on any atom is 0.163 e. The van der Waals surface area contributed by atoms with E-state index in [1.54, 1.807) is 0 Å². The predicted molar refractivity (Wildman–Crippen MR) is 141 cm³/mol. The molecular formula is C32H30O5. The molecule has 5 heteroatoms. The number of hydrogen-bond donors (Lipinski definition) is 0. The summed E-state index contributed by atoms with van der Waals surface area (Å²) < 4.78 is 18.5. The summed E-state index contributed by atoms with van der Waals surface area (Å²) in [6.45, 7) is 2.81. The first-order chi connectivity index (χ1) is 18.1. The zero-order valence-corrected chi connectivity index (χ0v) is 21.0. The summed E-state index contributed by atoms with van der Waals surface area (Å²) in [5, 5.41) is 2.33. The highest BCUT2D eigenvalue weighted by Gasteiger charge is 2.42. The minimum atomic E-state index is -0.411. The fourth-order valence-electron chi connectivity index (χ4n) is 5.82. The van der Waals surface area contributed by atoms with Crippen LogP contribution in [0, 0.1) is 0 Å². The molecule has 3 aromatic rings. The molecule has 0 bridgehead atoms. The largest absolute Gasteiger partial charge is 0.490 e. The van der Waals surface area contributed by atoms with Crippen molar-refractivity contribution in [3.05, 3.63) is 94.5 Å². The summed E-state index contributed by atoms with van der Waals surface area (Å²) in [7, 11) is 0. The number of Topliss-reactive ketones (excluding diaryl/α,β-unsaturated/α-hetero) is 2. The molecule has 3 aliphatic rings. The molecule has 0 amide bonds. The average Bonchev–Trinajstić information content (AvgIpc) is 2.92. The van der Waals surface area contributed by atoms with Gasteiger partial charge in [-0.25, -0.2) is 0 Å². The van der Waals surface area contributed by atoms with E-state index >= 15 is 0 Å². The van der Waals surface area contributed by atoms with Gasteiger partial charge in [-0.1, -0.05) is 48.5 Å². The molecule has 6 rings (SSSR count). The molecule has 0 N–H and O–H groups in total. The Morgan fingerprint density at radius 1 is 0.784 bits per heavy atom. The van der Waals surface area contributed by atoms with Crippen molar-refractivity contribution in [1.29, 1.82) is 0 Å². The number of fused-ring (bicyclic) bond motifs is 1. The zero-order valence-electron chi connectivity index (χ0n) is 21.0. The van der Waals surface area contributed by atoms with Crippen LogP contribution in [-0.2, 0) is 20.9 Å². The van der Waals surface area contributed by atoms with Crippen molar-refractivity contribution in [3.8, 4) is 11.5 Å². The maximum atomic E-state index is 13.1. The van der Waals surface area contributed by atoms with Crippen molar-refractivity contribution in [2.24, 2.45) is 0 Å². The molecule has 0 fully saturated rings.